The van der Waals surface area contributed by atoms with Gasteiger partial charge in [-0.1, -0.05) is 77.3 Å². The highest BCUT2D eigenvalue weighted by atomic mass is 19.2. The van der Waals surface area contributed by atoms with E-state index in [1.165, 1.54) is 13.5 Å². The molecule has 0 spiro atoms. The lowest BCUT2D eigenvalue weighted by Gasteiger charge is -2.38. The van der Waals surface area contributed by atoms with Crippen LogP contribution >= 0.6 is 0 Å². The maximum atomic E-state index is 15.3. The summed E-state index contributed by atoms with van der Waals surface area (Å²) in [6.45, 7) is 4.77. The van der Waals surface area contributed by atoms with E-state index >= 15 is 8.78 Å². The van der Waals surface area contributed by atoms with Gasteiger partial charge in [0.05, 0.1) is 6.61 Å². The number of hydrogen-bond acceptors (Lipinski definition) is 2. The Morgan fingerprint density at radius 2 is 1.61 bits per heavy atom. The Kier molecular flexibility index (Phi) is 9.87. The summed E-state index contributed by atoms with van der Waals surface area (Å²) >= 11 is 0. The molecule has 1 aromatic rings. The van der Waals surface area contributed by atoms with E-state index in [-0.39, 0.29) is 11.0 Å². The molecule has 0 amide bonds. The monoisotopic (exact) mass is 396 g/mol. The zero-order valence-corrected chi connectivity index (χ0v) is 18.0. The minimum atomic E-state index is -0.859. The standard InChI is InChI=1S/C24H38F2O2/c1-4-6-9-15-24(16-10-8-11-17-24)20-14-13-19(21(25)22(20)26)23(27-3)28-18-12-7-5-2/h13-14,23H,4-12,15-18H2,1-3H3. The van der Waals surface area contributed by atoms with E-state index in [9.17, 15) is 0 Å². The molecule has 0 N–H and O–H groups in total. The lowest BCUT2D eigenvalue weighted by atomic mass is 9.66. The normalized spacial score (nSPS) is 17.6. The van der Waals surface area contributed by atoms with Gasteiger partial charge in [-0.15, -0.1) is 0 Å². The third-order valence-corrected chi connectivity index (χ3v) is 6.24. The van der Waals surface area contributed by atoms with Gasteiger partial charge in [-0.05, 0) is 36.7 Å². The predicted octanol–water partition coefficient (Wildman–Crippen LogP) is 7.60. The van der Waals surface area contributed by atoms with Crippen LogP contribution in [0, 0.1) is 11.6 Å². The third kappa shape index (κ3) is 5.76. The lowest BCUT2D eigenvalue weighted by molar-refractivity contribution is -0.130. The topological polar surface area (TPSA) is 18.5 Å². The molecule has 2 rings (SSSR count). The van der Waals surface area contributed by atoms with Crippen LogP contribution in [0.2, 0.25) is 0 Å². The van der Waals surface area contributed by atoms with E-state index in [1.54, 1.807) is 12.1 Å². The minimum absolute atomic E-state index is 0.166. The van der Waals surface area contributed by atoms with E-state index in [0.717, 1.165) is 70.6 Å². The smallest absolute Gasteiger partial charge is 0.186 e. The third-order valence-electron chi connectivity index (χ3n) is 6.24. The Labute approximate surface area is 170 Å². The van der Waals surface area contributed by atoms with Crippen molar-refractivity contribution in [3.05, 3.63) is 34.9 Å². The summed E-state index contributed by atoms with van der Waals surface area (Å²) < 4.78 is 41.3. The molecule has 1 aromatic carbocycles. The van der Waals surface area contributed by atoms with Gasteiger partial charge in [-0.2, -0.15) is 0 Å². The molecular formula is C24H38F2O2. The fourth-order valence-electron chi connectivity index (χ4n) is 4.58. The second kappa shape index (κ2) is 11.9. The molecule has 0 aliphatic heterocycles. The van der Waals surface area contributed by atoms with E-state index in [1.807, 2.05) is 0 Å². The number of unbranched alkanes of at least 4 members (excludes halogenated alkanes) is 4. The van der Waals surface area contributed by atoms with Gasteiger partial charge in [0.25, 0.3) is 0 Å². The summed E-state index contributed by atoms with van der Waals surface area (Å²) in [4.78, 5) is 0. The molecule has 0 radical (unpaired) electrons. The summed E-state index contributed by atoms with van der Waals surface area (Å²) in [5, 5.41) is 0. The Morgan fingerprint density at radius 1 is 0.929 bits per heavy atom. The van der Waals surface area contributed by atoms with Crippen molar-refractivity contribution in [1.82, 2.24) is 0 Å². The molecular weight excluding hydrogens is 358 g/mol. The molecule has 160 valence electrons. The molecule has 1 atom stereocenters. The van der Waals surface area contributed by atoms with Gasteiger partial charge in [-0.25, -0.2) is 8.78 Å². The molecule has 0 heterocycles. The molecule has 0 saturated heterocycles. The number of benzene rings is 1. The Morgan fingerprint density at radius 3 is 2.25 bits per heavy atom. The van der Waals surface area contributed by atoms with Crippen molar-refractivity contribution >= 4 is 0 Å². The largest absolute Gasteiger partial charge is 0.352 e. The van der Waals surface area contributed by atoms with Crippen molar-refractivity contribution in [3.8, 4) is 0 Å². The van der Waals surface area contributed by atoms with Crippen LogP contribution in [-0.4, -0.2) is 13.7 Å². The Balaban J connectivity index is 2.24. The fraction of sp³-hybridized carbons (Fsp3) is 0.750. The molecule has 28 heavy (non-hydrogen) atoms. The summed E-state index contributed by atoms with van der Waals surface area (Å²) in [5.41, 5.74) is 0.506. The van der Waals surface area contributed by atoms with Gasteiger partial charge in [-0.3, -0.25) is 0 Å². The van der Waals surface area contributed by atoms with Crippen molar-refractivity contribution < 1.29 is 18.3 Å². The molecule has 1 saturated carbocycles. The van der Waals surface area contributed by atoms with Gasteiger partial charge in [0.1, 0.15) is 0 Å². The summed E-state index contributed by atoms with van der Waals surface area (Å²) in [7, 11) is 1.48. The summed E-state index contributed by atoms with van der Waals surface area (Å²) in [6, 6.07) is 3.48. The van der Waals surface area contributed by atoms with E-state index < -0.39 is 17.9 Å². The van der Waals surface area contributed by atoms with Crippen molar-refractivity contribution in [1.29, 1.82) is 0 Å². The zero-order chi connectivity index (χ0) is 20.4. The highest BCUT2D eigenvalue weighted by Gasteiger charge is 2.37. The zero-order valence-electron chi connectivity index (χ0n) is 18.0. The van der Waals surface area contributed by atoms with Gasteiger partial charge in [0, 0.05) is 12.7 Å². The number of rotatable bonds is 12. The molecule has 1 fully saturated rings. The average Bonchev–Trinajstić information content (AvgIpc) is 2.71. The van der Waals surface area contributed by atoms with Crippen LogP contribution in [0.5, 0.6) is 0 Å². The average molecular weight is 397 g/mol. The molecule has 0 bridgehead atoms. The highest BCUT2D eigenvalue weighted by Crippen LogP contribution is 2.45. The predicted molar refractivity (Wildman–Crippen MR) is 110 cm³/mol. The van der Waals surface area contributed by atoms with Gasteiger partial charge in [0.15, 0.2) is 17.9 Å². The molecule has 2 nitrogen and oxygen atoms in total. The SMILES string of the molecule is CCCCCOC(OC)c1ccc(C2(CCCCC)CCCCC2)c(F)c1F. The number of hydrogen-bond donors (Lipinski definition) is 0. The quantitative estimate of drug-likeness (QED) is 0.267. The first-order chi connectivity index (χ1) is 13.6. The summed E-state index contributed by atoms with van der Waals surface area (Å²) in [5.74, 6) is -1.50. The molecule has 1 aliphatic carbocycles. The fourth-order valence-corrected chi connectivity index (χ4v) is 4.58. The van der Waals surface area contributed by atoms with Crippen LogP contribution in [0.1, 0.15) is 108 Å². The lowest BCUT2D eigenvalue weighted by Crippen LogP contribution is -2.31. The molecule has 1 aliphatic rings. The molecule has 1 unspecified atom stereocenters. The maximum Gasteiger partial charge on any atom is 0.186 e. The number of ether oxygens (including phenoxy) is 2. The van der Waals surface area contributed by atoms with Gasteiger partial charge >= 0.3 is 0 Å². The maximum absolute atomic E-state index is 15.3. The van der Waals surface area contributed by atoms with Crippen molar-refractivity contribution in [2.24, 2.45) is 0 Å². The van der Waals surface area contributed by atoms with Crippen molar-refractivity contribution in [2.45, 2.75) is 103 Å². The van der Waals surface area contributed by atoms with Crippen LogP contribution in [0.25, 0.3) is 0 Å². The van der Waals surface area contributed by atoms with Crippen LogP contribution < -0.4 is 0 Å². The highest BCUT2D eigenvalue weighted by molar-refractivity contribution is 5.33. The molecule has 4 heteroatoms. The summed E-state index contributed by atoms with van der Waals surface area (Å²) in [6.07, 6.45) is 11.7. The van der Waals surface area contributed by atoms with Gasteiger partial charge in [0.2, 0.25) is 0 Å². The number of halogens is 2. The van der Waals surface area contributed by atoms with Gasteiger partial charge < -0.3 is 9.47 Å². The number of methoxy groups -OCH3 is 1. The van der Waals surface area contributed by atoms with Crippen molar-refractivity contribution in [3.63, 3.8) is 0 Å². The first-order valence-electron chi connectivity index (χ1n) is 11.2. The van der Waals surface area contributed by atoms with Crippen molar-refractivity contribution in [2.75, 3.05) is 13.7 Å². The van der Waals surface area contributed by atoms with Crippen LogP contribution in [0.3, 0.4) is 0 Å². The first kappa shape index (κ1) is 23.3. The minimum Gasteiger partial charge on any atom is -0.352 e. The van der Waals surface area contributed by atoms with E-state index in [0.29, 0.717) is 12.2 Å². The second-order valence-electron chi connectivity index (χ2n) is 8.27. The van der Waals surface area contributed by atoms with Crippen LogP contribution in [0.15, 0.2) is 12.1 Å². The van der Waals surface area contributed by atoms with Crippen LogP contribution in [0.4, 0.5) is 8.78 Å². The first-order valence-corrected chi connectivity index (χ1v) is 11.2. The van der Waals surface area contributed by atoms with E-state index in [2.05, 4.69) is 13.8 Å². The Bertz CT molecular complexity index is 582. The Hall–Kier alpha value is -1.00. The molecule has 0 aromatic heterocycles. The van der Waals surface area contributed by atoms with E-state index in [4.69, 9.17) is 9.47 Å². The second-order valence-corrected chi connectivity index (χ2v) is 8.27. The van der Waals surface area contributed by atoms with Crippen LogP contribution in [-0.2, 0) is 14.9 Å².